The Bertz CT molecular complexity index is 650. The van der Waals surface area contributed by atoms with Crippen molar-refractivity contribution in [2.75, 3.05) is 13.1 Å². The zero-order valence-electron chi connectivity index (χ0n) is 13.9. The first-order valence-corrected chi connectivity index (χ1v) is 7.67. The van der Waals surface area contributed by atoms with Gasteiger partial charge in [-0.1, -0.05) is 13.8 Å². The Morgan fingerprint density at radius 1 is 1.33 bits per heavy atom. The van der Waals surface area contributed by atoms with E-state index in [0.717, 1.165) is 24.2 Å². The van der Waals surface area contributed by atoms with Gasteiger partial charge in [0.1, 0.15) is 11.6 Å². The summed E-state index contributed by atoms with van der Waals surface area (Å²) in [7, 11) is 0. The highest BCUT2D eigenvalue weighted by molar-refractivity contribution is 5.85. The van der Waals surface area contributed by atoms with Gasteiger partial charge in [0, 0.05) is 19.5 Å². The molecule has 24 heavy (non-hydrogen) atoms. The molecule has 1 amide bonds. The first-order valence-electron chi connectivity index (χ1n) is 7.67. The quantitative estimate of drug-likeness (QED) is 0.692. The number of hydrogen-bond donors (Lipinski definition) is 3. The van der Waals surface area contributed by atoms with Crippen LogP contribution in [0.25, 0.3) is 11.0 Å². The molecular weight excluding hydrogens is 354 g/mol. The molecule has 0 aliphatic carbocycles. The first-order chi connectivity index (χ1) is 10.5. The van der Waals surface area contributed by atoms with E-state index in [4.69, 9.17) is 5.73 Å². The standard InChI is InChI=1S/C16H23FN4O.2ClH/c1-3-16(4-2,10-18)15(22)19-8-7-14-20-12-6-5-11(17)9-13(12)21-14;;/h5-6,9H,3-4,7-8,10,18H2,1-2H3,(H,19,22)(H,20,21);2*1H. The highest BCUT2D eigenvalue weighted by Gasteiger charge is 2.32. The Morgan fingerprint density at radius 2 is 2.00 bits per heavy atom. The molecule has 0 radical (unpaired) electrons. The zero-order valence-corrected chi connectivity index (χ0v) is 15.5. The Kier molecular flexibility index (Phi) is 9.25. The third kappa shape index (κ3) is 4.82. The number of rotatable bonds is 7. The Labute approximate surface area is 153 Å². The minimum absolute atomic E-state index is 0. The SMILES string of the molecule is CCC(CC)(CN)C(=O)NCCc1nc2ccc(F)cc2[nH]1.Cl.Cl. The largest absolute Gasteiger partial charge is 0.355 e. The van der Waals surface area contributed by atoms with Crippen molar-refractivity contribution in [1.82, 2.24) is 15.3 Å². The van der Waals surface area contributed by atoms with Gasteiger partial charge in [0.15, 0.2) is 0 Å². The number of H-pyrrole nitrogens is 1. The van der Waals surface area contributed by atoms with E-state index < -0.39 is 5.41 Å². The summed E-state index contributed by atoms with van der Waals surface area (Å²) in [6, 6.07) is 4.43. The maximum Gasteiger partial charge on any atom is 0.227 e. The lowest BCUT2D eigenvalue weighted by atomic mass is 9.81. The molecular formula is C16H25Cl2FN4O. The van der Waals surface area contributed by atoms with Gasteiger partial charge in [-0.15, -0.1) is 24.8 Å². The fourth-order valence-corrected chi connectivity index (χ4v) is 2.59. The summed E-state index contributed by atoms with van der Waals surface area (Å²) < 4.78 is 13.1. The van der Waals surface area contributed by atoms with Crippen LogP contribution in [-0.2, 0) is 11.2 Å². The number of nitrogens with zero attached hydrogens (tertiary/aromatic N) is 1. The molecule has 0 aliphatic heterocycles. The molecule has 8 heteroatoms. The maximum absolute atomic E-state index is 13.1. The molecule has 1 aromatic heterocycles. The normalized spacial score (nSPS) is 10.8. The molecule has 0 unspecified atom stereocenters. The average molecular weight is 379 g/mol. The number of imidazole rings is 1. The Balaban J connectivity index is 0.00000264. The lowest BCUT2D eigenvalue weighted by Crippen LogP contribution is -2.45. The molecule has 1 heterocycles. The van der Waals surface area contributed by atoms with Crippen molar-refractivity contribution in [3.8, 4) is 0 Å². The molecule has 5 nitrogen and oxygen atoms in total. The van der Waals surface area contributed by atoms with E-state index in [1.165, 1.54) is 12.1 Å². The van der Waals surface area contributed by atoms with E-state index in [1.54, 1.807) is 6.07 Å². The molecule has 0 spiro atoms. The van der Waals surface area contributed by atoms with Crippen molar-refractivity contribution in [3.05, 3.63) is 29.8 Å². The van der Waals surface area contributed by atoms with Gasteiger partial charge in [0.2, 0.25) is 5.91 Å². The van der Waals surface area contributed by atoms with Crippen LogP contribution < -0.4 is 11.1 Å². The number of carbonyl (C=O) groups excluding carboxylic acids is 1. The molecule has 0 saturated heterocycles. The predicted octanol–water partition coefficient (Wildman–Crippen LogP) is 2.97. The number of carbonyl (C=O) groups is 1. The highest BCUT2D eigenvalue weighted by atomic mass is 35.5. The number of aromatic nitrogens is 2. The van der Waals surface area contributed by atoms with Gasteiger partial charge in [-0.3, -0.25) is 4.79 Å². The van der Waals surface area contributed by atoms with Crippen LogP contribution in [-0.4, -0.2) is 29.0 Å². The van der Waals surface area contributed by atoms with E-state index in [1.807, 2.05) is 13.8 Å². The number of fused-ring (bicyclic) bond motifs is 1. The van der Waals surface area contributed by atoms with Gasteiger partial charge in [-0.05, 0) is 31.0 Å². The Hall–Kier alpha value is -1.37. The van der Waals surface area contributed by atoms with E-state index in [-0.39, 0.29) is 36.5 Å². The summed E-state index contributed by atoms with van der Waals surface area (Å²) >= 11 is 0. The molecule has 0 fully saturated rings. The number of nitrogens with one attached hydrogen (secondary N) is 2. The molecule has 2 aromatic rings. The second-order valence-corrected chi connectivity index (χ2v) is 5.54. The van der Waals surface area contributed by atoms with Gasteiger partial charge in [-0.2, -0.15) is 0 Å². The van der Waals surface area contributed by atoms with Crippen LogP contribution in [0.15, 0.2) is 18.2 Å². The second-order valence-electron chi connectivity index (χ2n) is 5.54. The lowest BCUT2D eigenvalue weighted by Gasteiger charge is -2.28. The van der Waals surface area contributed by atoms with Crippen LogP contribution in [0.2, 0.25) is 0 Å². The number of hydrogen-bond acceptors (Lipinski definition) is 3. The van der Waals surface area contributed by atoms with Crippen LogP contribution in [0.4, 0.5) is 4.39 Å². The molecule has 0 bridgehead atoms. The van der Waals surface area contributed by atoms with Gasteiger partial charge in [0.25, 0.3) is 0 Å². The summed E-state index contributed by atoms with van der Waals surface area (Å²) in [4.78, 5) is 19.7. The van der Waals surface area contributed by atoms with Crippen molar-refractivity contribution < 1.29 is 9.18 Å². The molecule has 136 valence electrons. The molecule has 0 saturated carbocycles. The molecule has 4 N–H and O–H groups in total. The summed E-state index contributed by atoms with van der Waals surface area (Å²) in [6.07, 6.45) is 2.00. The van der Waals surface area contributed by atoms with Crippen molar-refractivity contribution in [2.24, 2.45) is 11.1 Å². The number of aromatic amines is 1. The highest BCUT2D eigenvalue weighted by Crippen LogP contribution is 2.24. The average Bonchev–Trinajstić information content (AvgIpc) is 2.91. The summed E-state index contributed by atoms with van der Waals surface area (Å²) in [6.45, 7) is 4.77. The topological polar surface area (TPSA) is 83.8 Å². The smallest absolute Gasteiger partial charge is 0.227 e. The van der Waals surface area contributed by atoms with Gasteiger partial charge < -0.3 is 16.0 Å². The Morgan fingerprint density at radius 3 is 2.58 bits per heavy atom. The molecule has 0 atom stereocenters. The molecule has 0 aliphatic rings. The van der Waals surface area contributed by atoms with Crippen molar-refractivity contribution >= 4 is 41.8 Å². The van der Waals surface area contributed by atoms with Crippen molar-refractivity contribution in [1.29, 1.82) is 0 Å². The van der Waals surface area contributed by atoms with E-state index in [9.17, 15) is 9.18 Å². The van der Waals surface area contributed by atoms with Crippen LogP contribution in [0.1, 0.15) is 32.5 Å². The van der Waals surface area contributed by atoms with Gasteiger partial charge in [-0.25, -0.2) is 9.37 Å². The first kappa shape index (κ1) is 22.6. The summed E-state index contributed by atoms with van der Waals surface area (Å²) in [5.74, 6) is 0.420. The summed E-state index contributed by atoms with van der Waals surface area (Å²) in [5.41, 5.74) is 6.66. The van der Waals surface area contributed by atoms with Crippen LogP contribution in [0.3, 0.4) is 0 Å². The lowest BCUT2D eigenvalue weighted by molar-refractivity contribution is -0.131. The van der Waals surface area contributed by atoms with Gasteiger partial charge in [0.05, 0.1) is 16.4 Å². The fraction of sp³-hybridized carbons (Fsp3) is 0.500. The minimum Gasteiger partial charge on any atom is -0.355 e. The van der Waals surface area contributed by atoms with Crippen LogP contribution >= 0.6 is 24.8 Å². The third-order valence-corrected chi connectivity index (χ3v) is 4.37. The third-order valence-electron chi connectivity index (χ3n) is 4.37. The van der Waals surface area contributed by atoms with Gasteiger partial charge >= 0.3 is 0 Å². The number of halogens is 3. The minimum atomic E-state index is -0.489. The predicted molar refractivity (Wildman–Crippen MR) is 99.3 cm³/mol. The van der Waals surface area contributed by atoms with Crippen molar-refractivity contribution in [3.63, 3.8) is 0 Å². The second kappa shape index (κ2) is 9.81. The molecule has 2 rings (SSSR count). The summed E-state index contributed by atoms with van der Waals surface area (Å²) in [5, 5.41) is 2.93. The number of amides is 1. The monoisotopic (exact) mass is 378 g/mol. The maximum atomic E-state index is 13.1. The zero-order chi connectivity index (χ0) is 16.2. The number of benzene rings is 1. The molecule has 1 aromatic carbocycles. The van der Waals surface area contributed by atoms with E-state index in [2.05, 4.69) is 15.3 Å². The van der Waals surface area contributed by atoms with Crippen LogP contribution in [0.5, 0.6) is 0 Å². The van der Waals surface area contributed by atoms with Crippen LogP contribution in [0, 0.1) is 11.2 Å². The van der Waals surface area contributed by atoms with Crippen molar-refractivity contribution in [2.45, 2.75) is 33.1 Å². The number of nitrogens with two attached hydrogens (primary N) is 1. The van der Waals surface area contributed by atoms with E-state index in [0.29, 0.717) is 25.0 Å². The fourth-order valence-electron chi connectivity index (χ4n) is 2.59. The van der Waals surface area contributed by atoms with E-state index >= 15 is 0 Å².